The fourth-order valence-corrected chi connectivity index (χ4v) is 3.67. The zero-order chi connectivity index (χ0) is 21.1. The van der Waals surface area contributed by atoms with E-state index >= 15 is 0 Å². The van der Waals surface area contributed by atoms with E-state index in [-0.39, 0.29) is 5.91 Å². The maximum absolute atomic E-state index is 12.8. The number of amides is 1. The lowest BCUT2D eigenvalue weighted by Gasteiger charge is -2.13. The quantitative estimate of drug-likeness (QED) is 0.342. The topological polar surface area (TPSA) is 62.9 Å². The highest BCUT2D eigenvalue weighted by atomic mass is 35.5. The number of carbonyl (C=O) groups excluding carboxylic acids is 1. The summed E-state index contributed by atoms with van der Waals surface area (Å²) in [6, 6.07) is 17.5. The highest BCUT2D eigenvalue weighted by Crippen LogP contribution is 2.29. The second kappa shape index (κ2) is 8.47. The fraction of sp³-hybridized carbons (Fsp3) is 0.130. The number of hydrogen-bond acceptors (Lipinski definition) is 4. The van der Waals surface area contributed by atoms with Crippen LogP contribution in [0.5, 0.6) is 0 Å². The first-order valence-electron chi connectivity index (χ1n) is 9.50. The molecule has 0 saturated heterocycles. The molecule has 6 nitrogen and oxygen atoms in total. The Hall–Kier alpha value is -3.51. The number of para-hydroxylation sites is 1. The molecule has 1 aliphatic heterocycles. The molecule has 0 spiro atoms. The van der Waals surface area contributed by atoms with E-state index in [1.807, 2.05) is 61.5 Å². The van der Waals surface area contributed by atoms with E-state index < -0.39 is 0 Å². The van der Waals surface area contributed by atoms with Crippen LogP contribution in [-0.4, -0.2) is 34.2 Å². The molecule has 0 fully saturated rings. The van der Waals surface area contributed by atoms with Crippen LogP contribution in [-0.2, 0) is 11.3 Å². The van der Waals surface area contributed by atoms with Crippen molar-refractivity contribution < 1.29 is 4.79 Å². The molecule has 4 rings (SSSR count). The summed E-state index contributed by atoms with van der Waals surface area (Å²) in [7, 11) is 0. The number of carbonyl (C=O) groups is 1. The van der Waals surface area contributed by atoms with Gasteiger partial charge in [-0.1, -0.05) is 66.2 Å². The Morgan fingerprint density at radius 3 is 2.63 bits per heavy atom. The van der Waals surface area contributed by atoms with Crippen molar-refractivity contribution in [2.24, 2.45) is 10.2 Å². The van der Waals surface area contributed by atoms with Gasteiger partial charge in [0.2, 0.25) is 0 Å². The SMILES string of the molecule is C=CCN1C(=O)/C(=N/N=C\c2c(C)nn(Cc3ccccc3)c2Cl)c2ccccc21. The van der Waals surface area contributed by atoms with Crippen molar-refractivity contribution in [1.82, 2.24) is 9.78 Å². The zero-order valence-corrected chi connectivity index (χ0v) is 17.3. The summed E-state index contributed by atoms with van der Waals surface area (Å²) >= 11 is 6.52. The average Bonchev–Trinajstić information content (AvgIpc) is 3.17. The predicted octanol–water partition coefficient (Wildman–Crippen LogP) is 4.25. The molecule has 2 aromatic carbocycles. The maximum Gasteiger partial charge on any atom is 0.279 e. The molecule has 1 aromatic heterocycles. The second-order valence-corrected chi connectivity index (χ2v) is 7.21. The molecule has 0 saturated carbocycles. The first kappa shape index (κ1) is 19.8. The molecule has 1 amide bonds. The van der Waals surface area contributed by atoms with Crippen molar-refractivity contribution in [1.29, 1.82) is 0 Å². The molecule has 0 N–H and O–H groups in total. The number of nitrogens with zero attached hydrogens (tertiary/aromatic N) is 5. The van der Waals surface area contributed by atoms with Gasteiger partial charge in [0, 0.05) is 12.1 Å². The van der Waals surface area contributed by atoms with Crippen molar-refractivity contribution in [3.8, 4) is 0 Å². The van der Waals surface area contributed by atoms with E-state index in [9.17, 15) is 4.79 Å². The van der Waals surface area contributed by atoms with Crippen molar-refractivity contribution in [2.75, 3.05) is 11.4 Å². The summed E-state index contributed by atoms with van der Waals surface area (Å²) in [6.45, 7) is 6.56. The van der Waals surface area contributed by atoms with E-state index in [0.717, 1.165) is 22.5 Å². The summed E-state index contributed by atoms with van der Waals surface area (Å²) < 4.78 is 1.72. The number of aryl methyl sites for hydroxylation is 1. The average molecular weight is 418 g/mol. The van der Waals surface area contributed by atoms with Crippen molar-refractivity contribution in [3.05, 3.63) is 94.8 Å². The van der Waals surface area contributed by atoms with E-state index in [1.165, 1.54) is 0 Å². The smallest absolute Gasteiger partial charge is 0.279 e. The van der Waals surface area contributed by atoms with Crippen LogP contribution in [0.15, 0.2) is 77.5 Å². The van der Waals surface area contributed by atoms with Crippen LogP contribution < -0.4 is 4.90 Å². The van der Waals surface area contributed by atoms with E-state index in [2.05, 4.69) is 21.9 Å². The Kier molecular flexibility index (Phi) is 5.59. The molecule has 0 aliphatic carbocycles. The molecule has 150 valence electrons. The van der Waals surface area contributed by atoms with Crippen molar-refractivity contribution in [2.45, 2.75) is 13.5 Å². The third-order valence-corrected chi connectivity index (χ3v) is 5.24. The number of halogens is 1. The minimum atomic E-state index is -0.198. The van der Waals surface area contributed by atoms with Gasteiger partial charge in [-0.3, -0.25) is 4.79 Å². The number of rotatable bonds is 6. The van der Waals surface area contributed by atoms with Gasteiger partial charge < -0.3 is 4.90 Å². The van der Waals surface area contributed by atoms with Gasteiger partial charge in [0.25, 0.3) is 5.91 Å². The minimum absolute atomic E-state index is 0.198. The summed E-state index contributed by atoms with van der Waals surface area (Å²) in [5.41, 5.74) is 4.38. The molecule has 0 atom stereocenters. The lowest BCUT2D eigenvalue weighted by molar-refractivity contribution is -0.112. The first-order chi connectivity index (χ1) is 14.6. The zero-order valence-electron chi connectivity index (χ0n) is 16.5. The highest BCUT2D eigenvalue weighted by molar-refractivity contribution is 6.54. The summed E-state index contributed by atoms with van der Waals surface area (Å²) in [6.07, 6.45) is 3.23. The van der Waals surface area contributed by atoms with Crippen LogP contribution in [0.1, 0.15) is 22.4 Å². The largest absolute Gasteiger partial charge is 0.302 e. The molecule has 1 aliphatic rings. The van der Waals surface area contributed by atoms with Gasteiger partial charge in [0.05, 0.1) is 29.7 Å². The number of anilines is 1. The highest BCUT2D eigenvalue weighted by Gasteiger charge is 2.33. The van der Waals surface area contributed by atoms with Gasteiger partial charge in [-0.05, 0) is 18.6 Å². The van der Waals surface area contributed by atoms with Crippen LogP contribution in [0.25, 0.3) is 0 Å². The monoisotopic (exact) mass is 417 g/mol. The van der Waals surface area contributed by atoms with Crippen LogP contribution in [0.2, 0.25) is 5.15 Å². The Morgan fingerprint density at radius 2 is 1.87 bits per heavy atom. The van der Waals surface area contributed by atoms with Crippen LogP contribution in [0, 0.1) is 6.92 Å². The molecule has 0 unspecified atom stereocenters. The number of hydrogen-bond donors (Lipinski definition) is 0. The number of benzene rings is 2. The minimum Gasteiger partial charge on any atom is -0.302 e. The Morgan fingerprint density at radius 1 is 1.13 bits per heavy atom. The van der Waals surface area contributed by atoms with Gasteiger partial charge in [-0.25, -0.2) is 4.68 Å². The lowest BCUT2D eigenvalue weighted by Crippen LogP contribution is -2.30. The number of aromatic nitrogens is 2. The van der Waals surface area contributed by atoms with E-state index in [1.54, 1.807) is 21.9 Å². The Balaban J connectivity index is 1.61. The fourth-order valence-electron chi connectivity index (χ4n) is 3.39. The van der Waals surface area contributed by atoms with Crippen LogP contribution >= 0.6 is 11.6 Å². The third-order valence-electron chi connectivity index (χ3n) is 4.84. The molecule has 0 bridgehead atoms. The molecular formula is C23H20ClN5O. The molecule has 3 aromatic rings. The summed E-state index contributed by atoms with van der Waals surface area (Å²) in [4.78, 5) is 14.4. The van der Waals surface area contributed by atoms with Crippen LogP contribution in [0.4, 0.5) is 5.69 Å². The second-order valence-electron chi connectivity index (χ2n) is 6.85. The van der Waals surface area contributed by atoms with Gasteiger partial charge in [-0.2, -0.15) is 10.2 Å². The molecule has 0 radical (unpaired) electrons. The molecule has 30 heavy (non-hydrogen) atoms. The van der Waals surface area contributed by atoms with E-state index in [4.69, 9.17) is 11.6 Å². The normalized spacial score (nSPS) is 14.7. The van der Waals surface area contributed by atoms with Gasteiger partial charge >= 0.3 is 0 Å². The summed E-state index contributed by atoms with van der Waals surface area (Å²) in [5.74, 6) is -0.198. The molecular weight excluding hydrogens is 398 g/mol. The van der Waals surface area contributed by atoms with Gasteiger partial charge in [0.1, 0.15) is 5.15 Å². The van der Waals surface area contributed by atoms with Gasteiger partial charge in [0.15, 0.2) is 5.71 Å². The third kappa shape index (κ3) is 3.69. The van der Waals surface area contributed by atoms with Crippen molar-refractivity contribution in [3.63, 3.8) is 0 Å². The van der Waals surface area contributed by atoms with Gasteiger partial charge in [-0.15, -0.1) is 11.7 Å². The molecule has 7 heteroatoms. The standard InChI is InChI=1S/C23H20ClN5O/c1-3-13-28-20-12-8-7-11-18(20)21(23(28)30)26-25-14-19-16(2)27-29(22(19)24)15-17-9-5-4-6-10-17/h3-12,14H,1,13,15H2,2H3/b25-14-,26-21+. The van der Waals surface area contributed by atoms with Crippen LogP contribution in [0.3, 0.4) is 0 Å². The predicted molar refractivity (Wildman–Crippen MR) is 121 cm³/mol. The summed E-state index contributed by atoms with van der Waals surface area (Å²) in [5, 5.41) is 13.4. The lowest BCUT2D eigenvalue weighted by atomic mass is 10.1. The number of fused-ring (bicyclic) bond motifs is 1. The Bertz CT molecular complexity index is 1160. The van der Waals surface area contributed by atoms with Crippen molar-refractivity contribution >= 4 is 35.1 Å². The first-order valence-corrected chi connectivity index (χ1v) is 9.88. The maximum atomic E-state index is 12.8. The Labute approximate surface area is 179 Å². The van der Waals surface area contributed by atoms with E-state index in [0.29, 0.717) is 29.5 Å². The molecule has 2 heterocycles.